The van der Waals surface area contributed by atoms with E-state index in [4.69, 9.17) is 11.6 Å². The third-order valence-electron chi connectivity index (χ3n) is 4.36. The molecule has 0 aliphatic heterocycles. The fraction of sp³-hybridized carbons (Fsp3) is 0.200. The van der Waals surface area contributed by atoms with Gasteiger partial charge in [0.2, 0.25) is 5.43 Å². The van der Waals surface area contributed by atoms with Crippen molar-refractivity contribution in [2.75, 3.05) is 0 Å². The van der Waals surface area contributed by atoms with E-state index in [0.717, 1.165) is 17.7 Å². The SMILES string of the molecule is CCn1cc(C(=O)NCc2ccc(Cl)cc2)c(=O)c2cc(C(F)(F)F)ccc21. The summed E-state index contributed by atoms with van der Waals surface area (Å²) in [6.07, 6.45) is -3.21. The third kappa shape index (κ3) is 4.04. The maximum Gasteiger partial charge on any atom is 0.416 e. The smallest absolute Gasteiger partial charge is 0.348 e. The van der Waals surface area contributed by atoms with Crippen molar-refractivity contribution in [1.29, 1.82) is 0 Å². The Labute approximate surface area is 163 Å². The van der Waals surface area contributed by atoms with Gasteiger partial charge in [-0.3, -0.25) is 9.59 Å². The van der Waals surface area contributed by atoms with Crippen molar-refractivity contribution in [1.82, 2.24) is 9.88 Å². The lowest BCUT2D eigenvalue weighted by molar-refractivity contribution is -0.137. The predicted molar refractivity (Wildman–Crippen MR) is 102 cm³/mol. The number of alkyl halides is 3. The van der Waals surface area contributed by atoms with E-state index in [1.807, 2.05) is 0 Å². The molecule has 3 aromatic rings. The molecular weight excluding hydrogens is 393 g/mol. The Morgan fingerprint density at radius 3 is 2.43 bits per heavy atom. The number of carbonyl (C=O) groups is 1. The van der Waals surface area contributed by atoms with Crippen LogP contribution in [-0.4, -0.2) is 10.5 Å². The van der Waals surface area contributed by atoms with E-state index in [-0.39, 0.29) is 17.5 Å². The molecule has 1 heterocycles. The van der Waals surface area contributed by atoms with E-state index in [2.05, 4.69) is 5.32 Å². The normalized spacial score (nSPS) is 11.6. The topological polar surface area (TPSA) is 51.1 Å². The fourth-order valence-corrected chi connectivity index (χ4v) is 3.00. The van der Waals surface area contributed by atoms with Gasteiger partial charge < -0.3 is 9.88 Å². The maximum atomic E-state index is 13.0. The Balaban J connectivity index is 1.99. The van der Waals surface area contributed by atoms with E-state index in [0.29, 0.717) is 17.1 Å². The van der Waals surface area contributed by atoms with Gasteiger partial charge in [0, 0.05) is 29.7 Å². The summed E-state index contributed by atoms with van der Waals surface area (Å²) in [4.78, 5) is 25.2. The van der Waals surface area contributed by atoms with Gasteiger partial charge in [0.05, 0.1) is 11.1 Å². The number of fused-ring (bicyclic) bond motifs is 1. The summed E-state index contributed by atoms with van der Waals surface area (Å²) < 4.78 is 40.7. The molecule has 0 atom stereocenters. The van der Waals surface area contributed by atoms with Gasteiger partial charge in [0.15, 0.2) is 0 Å². The second-order valence-electron chi connectivity index (χ2n) is 6.20. The molecule has 0 bridgehead atoms. The number of hydrogen-bond donors (Lipinski definition) is 1. The number of amides is 1. The van der Waals surface area contributed by atoms with Crippen LogP contribution < -0.4 is 10.7 Å². The van der Waals surface area contributed by atoms with E-state index in [9.17, 15) is 22.8 Å². The van der Waals surface area contributed by atoms with Crippen LogP contribution in [-0.2, 0) is 19.3 Å². The molecule has 3 rings (SSSR count). The van der Waals surface area contributed by atoms with Crippen LogP contribution in [0.4, 0.5) is 13.2 Å². The Bertz CT molecular complexity index is 1090. The molecular formula is C20H16ClF3N2O2. The molecule has 146 valence electrons. The summed E-state index contributed by atoms with van der Waals surface area (Å²) in [7, 11) is 0. The highest BCUT2D eigenvalue weighted by Crippen LogP contribution is 2.30. The number of halogens is 4. The van der Waals surface area contributed by atoms with Crippen LogP contribution in [0.5, 0.6) is 0 Å². The average molecular weight is 409 g/mol. The number of nitrogens with zero attached hydrogens (tertiary/aromatic N) is 1. The minimum absolute atomic E-state index is 0.143. The molecule has 0 saturated carbocycles. The molecule has 28 heavy (non-hydrogen) atoms. The molecule has 8 heteroatoms. The maximum absolute atomic E-state index is 13.0. The summed E-state index contributed by atoms with van der Waals surface area (Å²) in [5.74, 6) is -0.651. The zero-order chi connectivity index (χ0) is 20.5. The molecule has 2 aromatic carbocycles. The fourth-order valence-electron chi connectivity index (χ4n) is 2.88. The molecule has 4 nitrogen and oxygen atoms in total. The summed E-state index contributed by atoms with van der Waals surface area (Å²) >= 11 is 5.81. The van der Waals surface area contributed by atoms with Crippen molar-refractivity contribution in [2.45, 2.75) is 26.2 Å². The lowest BCUT2D eigenvalue weighted by atomic mass is 10.1. The number of hydrogen-bond acceptors (Lipinski definition) is 2. The highest BCUT2D eigenvalue weighted by Gasteiger charge is 2.31. The largest absolute Gasteiger partial charge is 0.416 e. The third-order valence-corrected chi connectivity index (χ3v) is 4.61. The summed E-state index contributed by atoms with van der Waals surface area (Å²) in [5.41, 5.74) is -0.760. The molecule has 1 N–H and O–H groups in total. The molecule has 1 aromatic heterocycles. The predicted octanol–water partition coefficient (Wildman–Crippen LogP) is 4.62. The highest BCUT2D eigenvalue weighted by molar-refractivity contribution is 6.30. The molecule has 0 aliphatic carbocycles. The minimum Gasteiger partial charge on any atom is -0.348 e. The first kappa shape index (κ1) is 19.9. The summed E-state index contributed by atoms with van der Waals surface area (Å²) in [5, 5.41) is 3.03. The Hall–Kier alpha value is -2.80. The first-order chi connectivity index (χ1) is 13.2. The van der Waals surface area contributed by atoms with Gasteiger partial charge in [0.1, 0.15) is 5.56 Å². The highest BCUT2D eigenvalue weighted by atomic mass is 35.5. The number of aromatic nitrogens is 1. The molecule has 0 radical (unpaired) electrons. The van der Waals surface area contributed by atoms with Crippen molar-refractivity contribution >= 4 is 28.4 Å². The van der Waals surface area contributed by atoms with Crippen molar-refractivity contribution in [3.8, 4) is 0 Å². The number of pyridine rings is 1. The molecule has 0 fully saturated rings. The van der Waals surface area contributed by atoms with Crippen LogP contribution in [0.2, 0.25) is 5.02 Å². The van der Waals surface area contributed by atoms with Gasteiger partial charge in [-0.1, -0.05) is 23.7 Å². The minimum atomic E-state index is -4.58. The van der Waals surface area contributed by atoms with E-state index >= 15 is 0 Å². The quantitative estimate of drug-likeness (QED) is 0.684. The number of benzene rings is 2. The first-order valence-corrected chi connectivity index (χ1v) is 8.85. The number of aryl methyl sites for hydroxylation is 1. The second-order valence-corrected chi connectivity index (χ2v) is 6.63. The summed E-state index contributed by atoms with van der Waals surface area (Å²) in [6, 6.07) is 9.75. The number of rotatable bonds is 4. The van der Waals surface area contributed by atoms with Gasteiger partial charge in [-0.05, 0) is 42.8 Å². The van der Waals surface area contributed by atoms with Crippen LogP contribution in [0.3, 0.4) is 0 Å². The van der Waals surface area contributed by atoms with Crippen LogP contribution in [0.25, 0.3) is 10.9 Å². The van der Waals surface area contributed by atoms with Gasteiger partial charge in [-0.25, -0.2) is 0 Å². The molecule has 1 amide bonds. The van der Waals surface area contributed by atoms with Crippen molar-refractivity contribution < 1.29 is 18.0 Å². The van der Waals surface area contributed by atoms with Crippen LogP contribution in [0.1, 0.15) is 28.4 Å². The molecule has 0 spiro atoms. The standard InChI is InChI=1S/C20H16ClF3N2O2/c1-2-26-11-16(19(28)25-10-12-3-6-14(21)7-4-12)18(27)15-9-13(20(22,23)24)5-8-17(15)26/h3-9,11H,2,10H2,1H3,(H,25,28). The molecule has 0 unspecified atom stereocenters. The lowest BCUT2D eigenvalue weighted by Gasteiger charge is -2.14. The van der Waals surface area contributed by atoms with Crippen molar-refractivity contribution in [3.63, 3.8) is 0 Å². The number of nitrogens with one attached hydrogen (secondary N) is 1. The van der Waals surface area contributed by atoms with Crippen molar-refractivity contribution in [3.05, 3.63) is 80.6 Å². The van der Waals surface area contributed by atoms with Gasteiger partial charge in [-0.2, -0.15) is 13.2 Å². The lowest BCUT2D eigenvalue weighted by Crippen LogP contribution is -2.29. The zero-order valence-electron chi connectivity index (χ0n) is 14.8. The van der Waals surface area contributed by atoms with Gasteiger partial charge in [-0.15, -0.1) is 0 Å². The molecule has 0 aliphatic rings. The van der Waals surface area contributed by atoms with Crippen LogP contribution >= 0.6 is 11.6 Å². The first-order valence-electron chi connectivity index (χ1n) is 8.47. The van der Waals surface area contributed by atoms with Crippen LogP contribution in [0, 0.1) is 0 Å². The van der Waals surface area contributed by atoms with E-state index in [1.54, 1.807) is 35.8 Å². The molecule has 0 saturated heterocycles. The number of carbonyl (C=O) groups excluding carboxylic acids is 1. The second kappa shape index (κ2) is 7.67. The Morgan fingerprint density at radius 2 is 1.82 bits per heavy atom. The Morgan fingerprint density at radius 1 is 1.14 bits per heavy atom. The zero-order valence-corrected chi connectivity index (χ0v) is 15.6. The van der Waals surface area contributed by atoms with Crippen molar-refractivity contribution in [2.24, 2.45) is 0 Å². The van der Waals surface area contributed by atoms with E-state index < -0.39 is 23.1 Å². The summed E-state index contributed by atoms with van der Waals surface area (Å²) in [6.45, 7) is 2.32. The average Bonchev–Trinajstić information content (AvgIpc) is 2.66. The van der Waals surface area contributed by atoms with Gasteiger partial charge >= 0.3 is 6.18 Å². The van der Waals surface area contributed by atoms with Gasteiger partial charge in [0.25, 0.3) is 5.91 Å². The van der Waals surface area contributed by atoms with E-state index in [1.165, 1.54) is 12.3 Å². The van der Waals surface area contributed by atoms with Crippen LogP contribution in [0.15, 0.2) is 53.5 Å². The Kier molecular flexibility index (Phi) is 5.47. The monoisotopic (exact) mass is 408 g/mol.